The molecule has 1 atom stereocenters. The zero-order chi connectivity index (χ0) is 13.1. The lowest BCUT2D eigenvalue weighted by atomic mass is 9.97. The molecule has 1 aromatic heterocycles. The lowest BCUT2D eigenvalue weighted by Crippen LogP contribution is -2.18. The van der Waals surface area contributed by atoms with E-state index in [-0.39, 0.29) is 11.9 Å². The summed E-state index contributed by atoms with van der Waals surface area (Å²) in [5, 5.41) is 3.22. The van der Waals surface area contributed by atoms with Gasteiger partial charge in [-0.2, -0.15) is 0 Å². The first-order valence-corrected chi connectivity index (χ1v) is 6.16. The number of furan rings is 1. The Bertz CT molecular complexity index is 513. The van der Waals surface area contributed by atoms with Crippen LogP contribution in [-0.4, -0.2) is 7.05 Å². The van der Waals surface area contributed by atoms with Crippen LogP contribution in [0, 0.1) is 12.7 Å². The summed E-state index contributed by atoms with van der Waals surface area (Å²) >= 11 is 0. The molecule has 1 N–H and O–H groups in total. The lowest BCUT2D eigenvalue weighted by molar-refractivity contribution is 0.504. The fourth-order valence-corrected chi connectivity index (χ4v) is 2.33. The molecule has 0 spiro atoms. The van der Waals surface area contributed by atoms with Crippen LogP contribution < -0.4 is 5.32 Å². The molecule has 0 fully saturated rings. The van der Waals surface area contributed by atoms with Gasteiger partial charge >= 0.3 is 0 Å². The smallest absolute Gasteiger partial charge is 0.123 e. The molecule has 1 heterocycles. The van der Waals surface area contributed by atoms with Crippen LogP contribution in [0.15, 0.2) is 34.9 Å². The molecule has 0 amide bonds. The molecule has 0 radical (unpaired) electrons. The molecule has 1 aromatic carbocycles. The Labute approximate surface area is 107 Å². The Morgan fingerprint density at radius 1 is 1.33 bits per heavy atom. The topological polar surface area (TPSA) is 25.2 Å². The van der Waals surface area contributed by atoms with E-state index in [1.165, 1.54) is 6.07 Å². The van der Waals surface area contributed by atoms with Gasteiger partial charge in [-0.1, -0.05) is 13.0 Å². The first-order valence-electron chi connectivity index (χ1n) is 6.16. The minimum atomic E-state index is -0.202. The second kappa shape index (κ2) is 5.36. The van der Waals surface area contributed by atoms with E-state index in [0.29, 0.717) is 0 Å². The number of rotatable bonds is 4. The predicted octanol–water partition coefficient (Wildman–Crippen LogP) is 3.60. The zero-order valence-corrected chi connectivity index (χ0v) is 11.0. The van der Waals surface area contributed by atoms with Crippen LogP contribution in [-0.2, 0) is 6.42 Å². The van der Waals surface area contributed by atoms with Crippen LogP contribution in [0.25, 0.3) is 0 Å². The quantitative estimate of drug-likeness (QED) is 0.893. The summed E-state index contributed by atoms with van der Waals surface area (Å²) in [5.41, 5.74) is 2.92. The molecular weight excluding hydrogens is 229 g/mol. The van der Waals surface area contributed by atoms with Crippen molar-refractivity contribution in [1.29, 1.82) is 0 Å². The van der Waals surface area contributed by atoms with Crippen molar-refractivity contribution in [2.75, 3.05) is 7.05 Å². The van der Waals surface area contributed by atoms with Gasteiger partial charge in [0.25, 0.3) is 0 Å². The zero-order valence-electron chi connectivity index (χ0n) is 11.0. The summed E-state index contributed by atoms with van der Waals surface area (Å²) in [5.74, 6) is 0.739. The molecule has 2 rings (SSSR count). The van der Waals surface area contributed by atoms with Crippen LogP contribution >= 0.6 is 0 Å². The van der Waals surface area contributed by atoms with Crippen LogP contribution in [0.2, 0.25) is 0 Å². The van der Waals surface area contributed by atoms with Crippen LogP contribution in [0.4, 0.5) is 4.39 Å². The first-order chi connectivity index (χ1) is 8.65. The van der Waals surface area contributed by atoms with E-state index in [0.717, 1.165) is 28.9 Å². The van der Waals surface area contributed by atoms with Crippen molar-refractivity contribution in [2.24, 2.45) is 0 Å². The summed E-state index contributed by atoms with van der Waals surface area (Å²) in [7, 11) is 1.87. The highest BCUT2D eigenvalue weighted by Gasteiger charge is 2.18. The van der Waals surface area contributed by atoms with Crippen molar-refractivity contribution in [3.8, 4) is 0 Å². The number of nitrogens with one attached hydrogen (secondary N) is 1. The molecule has 0 aliphatic carbocycles. The number of hydrogen-bond donors (Lipinski definition) is 1. The van der Waals surface area contributed by atoms with Crippen LogP contribution in [0.5, 0.6) is 0 Å². The average molecular weight is 247 g/mol. The fourth-order valence-electron chi connectivity index (χ4n) is 2.33. The summed E-state index contributed by atoms with van der Waals surface area (Å²) in [6.07, 6.45) is 2.51. The highest BCUT2D eigenvalue weighted by Crippen LogP contribution is 2.27. The highest BCUT2D eigenvalue weighted by molar-refractivity contribution is 5.35. The van der Waals surface area contributed by atoms with Gasteiger partial charge in [-0.15, -0.1) is 0 Å². The molecule has 0 saturated carbocycles. The number of halogens is 1. The lowest BCUT2D eigenvalue weighted by Gasteiger charge is -2.17. The van der Waals surface area contributed by atoms with Gasteiger partial charge in [0.1, 0.15) is 11.6 Å². The van der Waals surface area contributed by atoms with Gasteiger partial charge in [-0.25, -0.2) is 4.39 Å². The average Bonchev–Trinajstić information content (AvgIpc) is 2.77. The molecule has 96 valence electrons. The van der Waals surface area contributed by atoms with E-state index in [9.17, 15) is 4.39 Å². The Kier molecular flexibility index (Phi) is 3.82. The van der Waals surface area contributed by atoms with Crippen molar-refractivity contribution >= 4 is 0 Å². The standard InChI is InChI=1S/C15H18FNO/c1-4-14-13(5-6-18-14)15(17-3)11-7-10(2)8-12(16)9-11/h5-9,15,17H,4H2,1-3H3. The minimum Gasteiger partial charge on any atom is -0.469 e. The normalized spacial score (nSPS) is 12.7. The third-order valence-corrected chi connectivity index (χ3v) is 3.10. The molecule has 2 aromatic rings. The van der Waals surface area contributed by atoms with Crippen molar-refractivity contribution in [1.82, 2.24) is 5.32 Å². The Balaban J connectivity index is 2.45. The van der Waals surface area contributed by atoms with Crippen LogP contribution in [0.3, 0.4) is 0 Å². The van der Waals surface area contributed by atoms with Crippen molar-refractivity contribution in [3.63, 3.8) is 0 Å². The van der Waals surface area contributed by atoms with Crippen molar-refractivity contribution in [3.05, 3.63) is 58.8 Å². The highest BCUT2D eigenvalue weighted by atomic mass is 19.1. The Morgan fingerprint density at radius 3 is 2.72 bits per heavy atom. The summed E-state index contributed by atoms with van der Waals surface area (Å²) in [4.78, 5) is 0. The van der Waals surface area contributed by atoms with Gasteiger partial charge in [0.05, 0.1) is 12.3 Å². The molecule has 18 heavy (non-hydrogen) atoms. The van der Waals surface area contributed by atoms with E-state index in [2.05, 4.69) is 5.32 Å². The summed E-state index contributed by atoms with van der Waals surface area (Å²) < 4.78 is 18.9. The Morgan fingerprint density at radius 2 is 2.11 bits per heavy atom. The van der Waals surface area contributed by atoms with E-state index in [1.54, 1.807) is 12.3 Å². The second-order valence-corrected chi connectivity index (χ2v) is 4.44. The maximum absolute atomic E-state index is 13.5. The molecule has 1 unspecified atom stereocenters. The number of hydrogen-bond acceptors (Lipinski definition) is 2. The predicted molar refractivity (Wildman–Crippen MR) is 70.1 cm³/mol. The molecule has 0 saturated heterocycles. The molecule has 0 aliphatic heterocycles. The van der Waals surface area contributed by atoms with E-state index in [4.69, 9.17) is 4.42 Å². The maximum Gasteiger partial charge on any atom is 0.123 e. The maximum atomic E-state index is 13.5. The number of benzene rings is 1. The third kappa shape index (κ3) is 2.46. The van der Waals surface area contributed by atoms with Gasteiger partial charge in [-0.3, -0.25) is 0 Å². The van der Waals surface area contributed by atoms with Gasteiger partial charge in [0.15, 0.2) is 0 Å². The van der Waals surface area contributed by atoms with Crippen LogP contribution in [0.1, 0.15) is 35.4 Å². The summed E-state index contributed by atoms with van der Waals surface area (Å²) in [6, 6.07) is 7.01. The van der Waals surface area contributed by atoms with Gasteiger partial charge in [-0.05, 0) is 43.3 Å². The van der Waals surface area contributed by atoms with Crippen molar-refractivity contribution in [2.45, 2.75) is 26.3 Å². The van der Waals surface area contributed by atoms with E-state index >= 15 is 0 Å². The molecule has 2 nitrogen and oxygen atoms in total. The molecule has 0 bridgehead atoms. The van der Waals surface area contributed by atoms with E-state index < -0.39 is 0 Å². The Hall–Kier alpha value is -1.61. The molecular formula is C15H18FNO. The van der Waals surface area contributed by atoms with Gasteiger partial charge in [0.2, 0.25) is 0 Å². The minimum absolute atomic E-state index is 0.0342. The summed E-state index contributed by atoms with van der Waals surface area (Å²) in [6.45, 7) is 3.95. The molecule has 3 heteroatoms. The third-order valence-electron chi connectivity index (χ3n) is 3.10. The van der Waals surface area contributed by atoms with E-state index in [1.807, 2.05) is 33.0 Å². The van der Waals surface area contributed by atoms with Gasteiger partial charge < -0.3 is 9.73 Å². The van der Waals surface area contributed by atoms with Crippen molar-refractivity contribution < 1.29 is 8.81 Å². The SMILES string of the molecule is CCc1occc1C(NC)c1cc(C)cc(F)c1. The number of aryl methyl sites for hydroxylation is 2. The first kappa shape index (κ1) is 12.8. The fraction of sp³-hybridized carbons (Fsp3) is 0.333. The van der Waals surface area contributed by atoms with Gasteiger partial charge in [0, 0.05) is 12.0 Å². The second-order valence-electron chi connectivity index (χ2n) is 4.44. The monoisotopic (exact) mass is 247 g/mol. The largest absolute Gasteiger partial charge is 0.469 e. The molecule has 0 aliphatic rings.